The molecule has 1 aliphatic rings. The Labute approximate surface area is 152 Å². The van der Waals surface area contributed by atoms with Crippen LogP contribution in [0.4, 0.5) is 11.5 Å². The van der Waals surface area contributed by atoms with Crippen molar-refractivity contribution in [1.82, 2.24) is 20.1 Å². The van der Waals surface area contributed by atoms with Gasteiger partial charge < -0.3 is 16.0 Å². The standard InChI is InChI=1S/C18H26N6O2/c1-10-5-6-13(18(2,3)4)24(9-10)17(26)16(25)22-12-8-20-15(19)11-7-21-23-14(11)12/h7-8,10,13H,5-6,9H2,1-4H3,(H2,19,20)(H,21,23)(H,22,25). The number of nitrogens with zero attached hydrogens (tertiary/aromatic N) is 3. The minimum atomic E-state index is -0.671. The van der Waals surface area contributed by atoms with Crippen molar-refractivity contribution >= 4 is 34.2 Å². The first-order valence-electron chi connectivity index (χ1n) is 8.88. The summed E-state index contributed by atoms with van der Waals surface area (Å²) in [6.45, 7) is 9.00. The summed E-state index contributed by atoms with van der Waals surface area (Å²) < 4.78 is 0. The van der Waals surface area contributed by atoms with E-state index in [9.17, 15) is 9.59 Å². The van der Waals surface area contributed by atoms with Crippen molar-refractivity contribution in [3.05, 3.63) is 12.4 Å². The van der Waals surface area contributed by atoms with Crippen LogP contribution in [0.5, 0.6) is 0 Å². The fourth-order valence-corrected chi connectivity index (χ4v) is 3.63. The number of aromatic nitrogens is 3. The lowest BCUT2D eigenvalue weighted by atomic mass is 9.78. The van der Waals surface area contributed by atoms with Gasteiger partial charge in [0.15, 0.2) is 0 Å². The number of carbonyl (C=O) groups is 2. The molecule has 2 aromatic heterocycles. The minimum Gasteiger partial charge on any atom is -0.383 e. The second-order valence-electron chi connectivity index (χ2n) is 8.19. The van der Waals surface area contributed by atoms with Gasteiger partial charge in [-0.1, -0.05) is 27.7 Å². The van der Waals surface area contributed by atoms with Crippen molar-refractivity contribution in [2.45, 2.75) is 46.6 Å². The zero-order valence-corrected chi connectivity index (χ0v) is 15.7. The Morgan fingerprint density at radius 1 is 1.31 bits per heavy atom. The molecule has 26 heavy (non-hydrogen) atoms. The third-order valence-corrected chi connectivity index (χ3v) is 5.04. The van der Waals surface area contributed by atoms with Crippen molar-refractivity contribution in [3.63, 3.8) is 0 Å². The summed E-state index contributed by atoms with van der Waals surface area (Å²) in [6.07, 6.45) is 4.93. The molecule has 1 fully saturated rings. The van der Waals surface area contributed by atoms with Gasteiger partial charge >= 0.3 is 11.8 Å². The van der Waals surface area contributed by atoms with E-state index in [0.29, 0.717) is 34.9 Å². The Balaban J connectivity index is 1.83. The normalized spacial score (nSPS) is 21.0. The van der Waals surface area contributed by atoms with E-state index in [1.54, 1.807) is 4.90 Å². The van der Waals surface area contributed by atoms with Gasteiger partial charge in [-0.2, -0.15) is 5.10 Å². The Hall–Kier alpha value is -2.64. The topological polar surface area (TPSA) is 117 Å². The molecule has 2 unspecified atom stereocenters. The lowest BCUT2D eigenvalue weighted by molar-refractivity contribution is -0.148. The molecule has 0 bridgehead atoms. The second-order valence-corrected chi connectivity index (χ2v) is 8.19. The Bertz CT molecular complexity index is 838. The Morgan fingerprint density at radius 3 is 2.73 bits per heavy atom. The molecule has 0 radical (unpaired) electrons. The largest absolute Gasteiger partial charge is 0.383 e. The van der Waals surface area contributed by atoms with Gasteiger partial charge in [-0.15, -0.1) is 0 Å². The molecule has 3 rings (SSSR count). The molecule has 8 heteroatoms. The summed E-state index contributed by atoms with van der Waals surface area (Å²) in [5, 5.41) is 9.98. The summed E-state index contributed by atoms with van der Waals surface area (Å²) in [6, 6.07) is 0.0358. The number of pyridine rings is 1. The molecule has 1 saturated heterocycles. The Kier molecular flexibility index (Phi) is 4.60. The molecule has 4 N–H and O–H groups in total. The van der Waals surface area contributed by atoms with Crippen LogP contribution in [0.2, 0.25) is 0 Å². The number of amides is 2. The van der Waals surface area contributed by atoms with Crippen LogP contribution in [0.25, 0.3) is 10.9 Å². The highest BCUT2D eigenvalue weighted by molar-refractivity contribution is 6.40. The number of anilines is 2. The summed E-state index contributed by atoms with van der Waals surface area (Å²) in [4.78, 5) is 31.3. The van der Waals surface area contributed by atoms with Gasteiger partial charge in [-0.3, -0.25) is 14.7 Å². The first kappa shape index (κ1) is 18.2. The van der Waals surface area contributed by atoms with Gasteiger partial charge in [0, 0.05) is 12.6 Å². The van der Waals surface area contributed by atoms with E-state index in [2.05, 4.69) is 48.2 Å². The van der Waals surface area contributed by atoms with Gasteiger partial charge in [0.2, 0.25) is 0 Å². The highest BCUT2D eigenvalue weighted by Gasteiger charge is 2.39. The number of nitrogens with two attached hydrogens (primary N) is 1. The minimum absolute atomic E-state index is 0.0358. The van der Waals surface area contributed by atoms with Crippen LogP contribution in [0, 0.1) is 11.3 Å². The molecule has 0 saturated carbocycles. The molecular weight excluding hydrogens is 332 g/mol. The SMILES string of the molecule is CC1CCC(C(C)(C)C)N(C(=O)C(=O)Nc2cnc(N)c3cn[nH]c23)C1. The first-order chi connectivity index (χ1) is 12.2. The number of piperidine rings is 1. The lowest BCUT2D eigenvalue weighted by Crippen LogP contribution is -2.54. The van der Waals surface area contributed by atoms with Gasteiger partial charge in [0.1, 0.15) is 5.82 Å². The van der Waals surface area contributed by atoms with Gasteiger partial charge in [0.05, 0.1) is 29.0 Å². The molecule has 140 valence electrons. The Morgan fingerprint density at radius 2 is 2.04 bits per heavy atom. The van der Waals surface area contributed by atoms with Crippen LogP contribution in [-0.2, 0) is 9.59 Å². The molecule has 0 aliphatic carbocycles. The third kappa shape index (κ3) is 3.36. The third-order valence-electron chi connectivity index (χ3n) is 5.04. The predicted molar refractivity (Wildman–Crippen MR) is 100 cm³/mol. The quantitative estimate of drug-likeness (QED) is 0.675. The van der Waals surface area contributed by atoms with Crippen molar-refractivity contribution < 1.29 is 9.59 Å². The van der Waals surface area contributed by atoms with Crippen molar-refractivity contribution in [1.29, 1.82) is 0 Å². The number of aromatic amines is 1. The number of nitrogen functional groups attached to an aromatic ring is 1. The molecule has 2 aromatic rings. The second kappa shape index (κ2) is 6.59. The smallest absolute Gasteiger partial charge is 0.314 e. The van der Waals surface area contributed by atoms with E-state index >= 15 is 0 Å². The van der Waals surface area contributed by atoms with Gasteiger partial charge in [-0.25, -0.2) is 4.98 Å². The zero-order valence-electron chi connectivity index (χ0n) is 15.7. The average molecular weight is 358 g/mol. The van der Waals surface area contributed by atoms with Crippen molar-refractivity contribution in [2.75, 3.05) is 17.6 Å². The molecule has 0 spiro atoms. The van der Waals surface area contributed by atoms with E-state index in [0.717, 1.165) is 12.8 Å². The number of rotatable bonds is 1. The highest BCUT2D eigenvalue weighted by atomic mass is 16.2. The van der Waals surface area contributed by atoms with Gasteiger partial charge in [-0.05, 0) is 24.2 Å². The van der Waals surface area contributed by atoms with Crippen LogP contribution >= 0.6 is 0 Å². The maximum absolute atomic E-state index is 12.9. The molecule has 0 aromatic carbocycles. The fourth-order valence-electron chi connectivity index (χ4n) is 3.63. The number of likely N-dealkylation sites (tertiary alicyclic amines) is 1. The monoisotopic (exact) mass is 358 g/mol. The molecule has 3 heterocycles. The van der Waals surface area contributed by atoms with Crippen molar-refractivity contribution in [2.24, 2.45) is 11.3 Å². The van der Waals surface area contributed by atoms with Crippen LogP contribution in [0.3, 0.4) is 0 Å². The summed E-state index contributed by atoms with van der Waals surface area (Å²) in [5.41, 5.74) is 6.66. The van der Waals surface area contributed by atoms with Gasteiger partial charge in [0.25, 0.3) is 0 Å². The molecule has 1 aliphatic heterocycles. The molecule has 2 atom stereocenters. The van der Waals surface area contributed by atoms with Crippen LogP contribution < -0.4 is 11.1 Å². The fraction of sp³-hybridized carbons (Fsp3) is 0.556. The van der Waals surface area contributed by atoms with E-state index in [-0.39, 0.29) is 11.5 Å². The van der Waals surface area contributed by atoms with Crippen LogP contribution in [0.15, 0.2) is 12.4 Å². The predicted octanol–water partition coefficient (Wildman–Crippen LogP) is 2.15. The van der Waals surface area contributed by atoms with E-state index in [4.69, 9.17) is 5.73 Å². The first-order valence-corrected chi connectivity index (χ1v) is 8.88. The number of hydrogen-bond acceptors (Lipinski definition) is 5. The zero-order chi connectivity index (χ0) is 19.1. The van der Waals surface area contributed by atoms with Crippen LogP contribution in [0.1, 0.15) is 40.5 Å². The number of carbonyl (C=O) groups excluding carboxylic acids is 2. The molecule has 2 amide bonds. The van der Waals surface area contributed by atoms with E-state index < -0.39 is 11.8 Å². The highest BCUT2D eigenvalue weighted by Crippen LogP contribution is 2.34. The average Bonchev–Trinajstić information content (AvgIpc) is 3.06. The number of hydrogen-bond donors (Lipinski definition) is 3. The maximum atomic E-state index is 12.9. The lowest BCUT2D eigenvalue weighted by Gasteiger charge is -2.45. The van der Waals surface area contributed by atoms with Crippen molar-refractivity contribution in [3.8, 4) is 0 Å². The maximum Gasteiger partial charge on any atom is 0.314 e. The summed E-state index contributed by atoms with van der Waals surface area (Å²) in [7, 11) is 0. The number of nitrogens with one attached hydrogen (secondary N) is 2. The molecule has 8 nitrogen and oxygen atoms in total. The summed E-state index contributed by atoms with van der Waals surface area (Å²) in [5.74, 6) is -0.490. The van der Waals surface area contributed by atoms with E-state index in [1.165, 1.54) is 12.4 Å². The number of fused-ring (bicyclic) bond motifs is 1. The van der Waals surface area contributed by atoms with E-state index in [1.807, 2.05) is 0 Å². The number of H-pyrrole nitrogens is 1. The molecular formula is C18H26N6O2. The summed E-state index contributed by atoms with van der Waals surface area (Å²) >= 11 is 0. The van der Waals surface area contributed by atoms with Crippen LogP contribution in [-0.4, -0.2) is 44.5 Å².